The highest BCUT2D eigenvalue weighted by Gasteiger charge is 2.25. The lowest BCUT2D eigenvalue weighted by molar-refractivity contribution is -0.140. The molecule has 3 amide bonds. The normalized spacial score (nSPS) is 12.2. The van der Waals surface area contributed by atoms with Crippen molar-refractivity contribution in [3.05, 3.63) is 41.7 Å². The van der Waals surface area contributed by atoms with E-state index in [9.17, 15) is 33.5 Å². The van der Waals surface area contributed by atoms with Gasteiger partial charge in [-0.2, -0.15) is 0 Å². The lowest BCUT2D eigenvalue weighted by Crippen LogP contribution is -2.51. The molecule has 15 heteroatoms. The molecule has 224 valence electrons. The van der Waals surface area contributed by atoms with Crippen LogP contribution in [0.25, 0.3) is 0 Å². The van der Waals surface area contributed by atoms with Gasteiger partial charge in [0.1, 0.15) is 12.1 Å². The van der Waals surface area contributed by atoms with E-state index in [-0.39, 0.29) is 25.4 Å². The van der Waals surface area contributed by atoms with Crippen LogP contribution in [0.2, 0.25) is 0 Å². The number of amides is 3. The highest BCUT2D eigenvalue weighted by molar-refractivity contribution is 5.90. The SMILES string of the molecule is O=C(O)CC[C@H](NC(=O)N[C@@H](Cc1ccc(NC(=O)CCCCCn2cc(CCCF)nn2)cc1)C(=O)O)C(=O)O. The maximum atomic E-state index is 12.3. The fourth-order valence-electron chi connectivity index (χ4n) is 3.81. The zero-order valence-corrected chi connectivity index (χ0v) is 22.4. The minimum Gasteiger partial charge on any atom is -0.481 e. The van der Waals surface area contributed by atoms with Crippen LogP contribution in [-0.2, 0) is 38.6 Å². The van der Waals surface area contributed by atoms with Crippen molar-refractivity contribution in [2.24, 2.45) is 0 Å². The topological polar surface area (TPSA) is 213 Å². The number of anilines is 1. The quantitative estimate of drug-likeness (QED) is 0.133. The lowest BCUT2D eigenvalue weighted by Gasteiger charge is -2.18. The molecule has 0 saturated heterocycles. The smallest absolute Gasteiger partial charge is 0.326 e. The van der Waals surface area contributed by atoms with Crippen LogP contribution in [0.5, 0.6) is 0 Å². The number of carboxylic acids is 3. The van der Waals surface area contributed by atoms with Gasteiger partial charge in [0.05, 0.1) is 12.4 Å². The van der Waals surface area contributed by atoms with Crippen LogP contribution in [-0.4, -0.2) is 78.9 Å². The van der Waals surface area contributed by atoms with Crippen LogP contribution in [0.1, 0.15) is 56.2 Å². The van der Waals surface area contributed by atoms with Crippen LogP contribution in [0.4, 0.5) is 14.9 Å². The van der Waals surface area contributed by atoms with E-state index in [1.165, 1.54) is 0 Å². The van der Waals surface area contributed by atoms with Gasteiger partial charge in [-0.15, -0.1) is 5.10 Å². The fourth-order valence-corrected chi connectivity index (χ4v) is 3.81. The predicted molar refractivity (Wildman–Crippen MR) is 143 cm³/mol. The summed E-state index contributed by atoms with van der Waals surface area (Å²) in [5.74, 6) is -4.21. The monoisotopic (exact) mass is 578 g/mol. The molecular weight excluding hydrogens is 543 g/mol. The Morgan fingerprint density at radius 2 is 1.56 bits per heavy atom. The van der Waals surface area contributed by atoms with E-state index in [1.807, 2.05) is 0 Å². The second-order valence-electron chi connectivity index (χ2n) is 9.36. The second kappa shape index (κ2) is 17.2. The predicted octanol–water partition coefficient (Wildman–Crippen LogP) is 1.99. The van der Waals surface area contributed by atoms with Crippen LogP contribution in [0.3, 0.4) is 0 Å². The van der Waals surface area contributed by atoms with Crippen molar-refractivity contribution in [1.29, 1.82) is 0 Å². The van der Waals surface area contributed by atoms with Gasteiger partial charge in [0.15, 0.2) is 0 Å². The van der Waals surface area contributed by atoms with Gasteiger partial charge < -0.3 is 31.3 Å². The van der Waals surface area contributed by atoms with Gasteiger partial charge >= 0.3 is 23.9 Å². The third-order valence-electron chi connectivity index (χ3n) is 5.97. The Morgan fingerprint density at radius 3 is 2.20 bits per heavy atom. The van der Waals surface area contributed by atoms with Gasteiger partial charge in [0, 0.05) is 37.7 Å². The Labute approximate surface area is 235 Å². The van der Waals surface area contributed by atoms with Crippen molar-refractivity contribution in [1.82, 2.24) is 25.6 Å². The van der Waals surface area contributed by atoms with Gasteiger partial charge in [0.2, 0.25) is 5.91 Å². The van der Waals surface area contributed by atoms with Crippen LogP contribution >= 0.6 is 0 Å². The minimum absolute atomic E-state index is 0.118. The molecule has 14 nitrogen and oxygen atoms in total. The van der Waals surface area contributed by atoms with Crippen LogP contribution in [0.15, 0.2) is 30.5 Å². The molecule has 0 unspecified atom stereocenters. The van der Waals surface area contributed by atoms with Crippen LogP contribution < -0.4 is 16.0 Å². The summed E-state index contributed by atoms with van der Waals surface area (Å²) in [4.78, 5) is 58.0. The van der Waals surface area contributed by atoms with Crippen molar-refractivity contribution in [2.75, 3.05) is 12.0 Å². The summed E-state index contributed by atoms with van der Waals surface area (Å²) in [6, 6.07) is 2.45. The Kier molecular flexibility index (Phi) is 13.7. The van der Waals surface area contributed by atoms with E-state index in [0.717, 1.165) is 18.5 Å². The highest BCUT2D eigenvalue weighted by atomic mass is 19.1. The lowest BCUT2D eigenvalue weighted by atomic mass is 10.1. The maximum Gasteiger partial charge on any atom is 0.326 e. The Hall–Kier alpha value is -4.56. The molecule has 1 aromatic carbocycles. The average molecular weight is 579 g/mol. The number of alkyl halides is 1. The number of hydrogen-bond donors (Lipinski definition) is 6. The van der Waals surface area contributed by atoms with E-state index in [4.69, 9.17) is 10.2 Å². The fraction of sp³-hybridized carbons (Fsp3) is 0.500. The molecule has 2 atom stereocenters. The molecule has 2 rings (SSSR count). The summed E-state index contributed by atoms with van der Waals surface area (Å²) in [6.45, 7) is 0.268. The number of benzene rings is 1. The first-order chi connectivity index (χ1) is 19.6. The number of urea groups is 1. The number of hydrogen-bond acceptors (Lipinski definition) is 7. The Morgan fingerprint density at radius 1 is 0.878 bits per heavy atom. The molecular formula is C26H35FN6O8. The maximum absolute atomic E-state index is 12.3. The molecule has 0 saturated carbocycles. The zero-order chi connectivity index (χ0) is 30.2. The zero-order valence-electron chi connectivity index (χ0n) is 22.4. The number of carbonyl (C=O) groups excluding carboxylic acids is 2. The summed E-state index contributed by atoms with van der Waals surface area (Å²) < 4.78 is 14.0. The summed E-state index contributed by atoms with van der Waals surface area (Å²) in [5.41, 5.74) is 1.81. The van der Waals surface area contributed by atoms with Crippen molar-refractivity contribution in [3.8, 4) is 0 Å². The summed E-state index contributed by atoms with van der Waals surface area (Å²) in [7, 11) is 0. The van der Waals surface area contributed by atoms with Gasteiger partial charge in [-0.3, -0.25) is 18.7 Å². The highest BCUT2D eigenvalue weighted by Crippen LogP contribution is 2.13. The number of aryl methyl sites for hydroxylation is 2. The molecule has 1 heterocycles. The van der Waals surface area contributed by atoms with E-state index < -0.39 is 42.4 Å². The van der Waals surface area contributed by atoms with Gasteiger partial charge in [-0.05, 0) is 49.8 Å². The summed E-state index contributed by atoms with van der Waals surface area (Å²) in [5, 5.41) is 42.4. The standard InChI is InChI=1S/C26H35FN6O8/c27-13-4-5-19-16-33(32-31-19)14-3-1-2-6-22(34)28-18-9-7-17(8-10-18)15-21(25(39)40)30-26(41)29-20(24(37)38)11-12-23(35)36/h7-10,16,20-21H,1-6,11-15H2,(H,28,34)(H,35,36)(H,37,38)(H,39,40)(H2,29,30,41)/t20-,21-/m0/s1. The number of nitrogens with one attached hydrogen (secondary N) is 3. The van der Waals surface area contributed by atoms with Crippen molar-refractivity contribution >= 4 is 35.5 Å². The molecule has 0 fully saturated rings. The molecule has 2 aromatic rings. The molecule has 0 spiro atoms. The number of nitrogens with zero attached hydrogens (tertiary/aromatic N) is 3. The summed E-state index contributed by atoms with van der Waals surface area (Å²) in [6.07, 6.45) is 4.39. The second-order valence-corrected chi connectivity index (χ2v) is 9.36. The Bertz CT molecular complexity index is 1170. The molecule has 0 radical (unpaired) electrons. The number of carbonyl (C=O) groups is 5. The molecule has 0 aliphatic carbocycles. The van der Waals surface area contributed by atoms with E-state index >= 15 is 0 Å². The molecule has 6 N–H and O–H groups in total. The van der Waals surface area contributed by atoms with Crippen molar-refractivity contribution in [2.45, 2.75) is 76.4 Å². The first kappa shape index (κ1) is 32.7. The number of halogens is 1. The first-order valence-electron chi connectivity index (χ1n) is 13.2. The van der Waals surface area contributed by atoms with Crippen LogP contribution in [0, 0.1) is 0 Å². The van der Waals surface area contributed by atoms with Gasteiger partial charge in [0.25, 0.3) is 0 Å². The molecule has 0 aliphatic rings. The molecule has 0 aliphatic heterocycles. The first-order valence-corrected chi connectivity index (χ1v) is 13.2. The van der Waals surface area contributed by atoms with Gasteiger partial charge in [-0.25, -0.2) is 14.4 Å². The molecule has 41 heavy (non-hydrogen) atoms. The molecule has 1 aromatic heterocycles. The number of carboxylic acid groups (broad SMARTS) is 3. The Balaban J connectivity index is 1.74. The van der Waals surface area contributed by atoms with E-state index in [0.29, 0.717) is 43.5 Å². The number of aromatic nitrogens is 3. The van der Waals surface area contributed by atoms with E-state index in [1.54, 1.807) is 35.1 Å². The molecule has 0 bridgehead atoms. The minimum atomic E-state index is -1.50. The third-order valence-corrected chi connectivity index (χ3v) is 5.97. The summed E-state index contributed by atoms with van der Waals surface area (Å²) >= 11 is 0. The number of unbranched alkanes of at least 4 members (excludes halogenated alkanes) is 2. The average Bonchev–Trinajstić information content (AvgIpc) is 3.37. The number of aliphatic carboxylic acids is 3. The van der Waals surface area contributed by atoms with E-state index in [2.05, 4.69) is 26.3 Å². The number of rotatable bonds is 19. The third kappa shape index (κ3) is 12.9. The van der Waals surface area contributed by atoms with Gasteiger partial charge in [-0.1, -0.05) is 23.8 Å². The van der Waals surface area contributed by atoms with Crippen molar-refractivity contribution in [3.63, 3.8) is 0 Å². The van der Waals surface area contributed by atoms with Crippen molar-refractivity contribution < 1.29 is 43.7 Å². The largest absolute Gasteiger partial charge is 0.481 e.